The van der Waals surface area contributed by atoms with E-state index in [1.165, 1.54) is 44.2 Å². The van der Waals surface area contributed by atoms with Crippen LogP contribution in [0.4, 0.5) is 0 Å². The quantitative estimate of drug-likeness (QED) is 0.893. The van der Waals surface area contributed by atoms with Gasteiger partial charge in [-0.15, -0.1) is 0 Å². The number of ether oxygens (including phenoxy) is 1. The van der Waals surface area contributed by atoms with E-state index >= 15 is 0 Å². The van der Waals surface area contributed by atoms with E-state index < -0.39 is 0 Å². The summed E-state index contributed by atoms with van der Waals surface area (Å²) in [6, 6.07) is 4.98. The Hall–Kier alpha value is -0.800. The Balaban J connectivity index is 1.62. The minimum atomic E-state index is 0.430. The number of hydrogen-bond donors (Lipinski definition) is 1. The van der Waals surface area contributed by atoms with Crippen molar-refractivity contribution in [3.8, 4) is 0 Å². The maximum Gasteiger partial charge on any atom is 0.0661 e. The van der Waals surface area contributed by atoms with Gasteiger partial charge in [0.25, 0.3) is 0 Å². The first-order chi connectivity index (χ1) is 9.76. The summed E-state index contributed by atoms with van der Waals surface area (Å²) >= 11 is 0. The molecule has 3 heteroatoms. The highest BCUT2D eigenvalue weighted by Gasteiger charge is 2.55. The average molecular weight is 276 g/mol. The van der Waals surface area contributed by atoms with Crippen molar-refractivity contribution in [1.82, 2.24) is 9.88 Å². The first-order valence-electron chi connectivity index (χ1n) is 8.21. The molecule has 112 valence electrons. The lowest BCUT2D eigenvalue weighted by atomic mass is 9.55. The molecule has 2 saturated carbocycles. The summed E-state index contributed by atoms with van der Waals surface area (Å²) < 4.78 is 8.22. The second-order valence-corrected chi connectivity index (χ2v) is 6.52. The summed E-state index contributed by atoms with van der Waals surface area (Å²) in [4.78, 5) is 0. The van der Waals surface area contributed by atoms with E-state index in [2.05, 4.69) is 42.2 Å². The minimum absolute atomic E-state index is 0.430. The number of nitrogens with zero attached hydrogens (tertiary/aromatic N) is 1. The maximum absolute atomic E-state index is 6.02. The first kappa shape index (κ1) is 14.2. The second-order valence-electron chi connectivity index (χ2n) is 6.52. The molecule has 1 N–H and O–H groups in total. The molecule has 0 saturated heterocycles. The fourth-order valence-electron chi connectivity index (χ4n) is 4.26. The second kappa shape index (κ2) is 5.90. The summed E-state index contributed by atoms with van der Waals surface area (Å²) in [5.41, 5.74) is 1.80. The van der Waals surface area contributed by atoms with Crippen molar-refractivity contribution in [1.29, 1.82) is 0 Å². The molecule has 1 aromatic rings. The summed E-state index contributed by atoms with van der Waals surface area (Å²) in [6.45, 7) is 3.97. The van der Waals surface area contributed by atoms with Gasteiger partial charge in [-0.3, -0.25) is 0 Å². The average Bonchev–Trinajstić information content (AvgIpc) is 2.88. The van der Waals surface area contributed by atoms with Gasteiger partial charge in [-0.05, 0) is 38.3 Å². The zero-order valence-corrected chi connectivity index (χ0v) is 12.9. The first-order valence-corrected chi connectivity index (χ1v) is 8.21. The summed E-state index contributed by atoms with van der Waals surface area (Å²) in [5, 5.41) is 3.81. The van der Waals surface area contributed by atoms with Gasteiger partial charge in [0.05, 0.1) is 6.10 Å². The molecule has 1 heterocycles. The molecule has 0 radical (unpaired) electrons. The molecular weight excluding hydrogens is 248 g/mol. The van der Waals surface area contributed by atoms with E-state index in [9.17, 15) is 0 Å². The summed E-state index contributed by atoms with van der Waals surface area (Å²) in [7, 11) is 2.12. The lowest BCUT2D eigenvalue weighted by Crippen LogP contribution is -2.64. The Morgan fingerprint density at radius 1 is 1.35 bits per heavy atom. The molecular formula is C17H28N2O. The lowest BCUT2D eigenvalue weighted by Gasteiger charge is -2.58. The van der Waals surface area contributed by atoms with E-state index in [1.807, 2.05) is 0 Å². The van der Waals surface area contributed by atoms with Gasteiger partial charge in [0.1, 0.15) is 0 Å². The molecule has 0 aromatic carbocycles. The third-order valence-corrected chi connectivity index (χ3v) is 5.52. The molecule has 2 aliphatic carbocycles. The Bertz CT molecular complexity index is 434. The van der Waals surface area contributed by atoms with Crippen molar-refractivity contribution in [2.24, 2.45) is 12.5 Å². The van der Waals surface area contributed by atoms with Gasteiger partial charge >= 0.3 is 0 Å². The van der Waals surface area contributed by atoms with Crippen molar-refractivity contribution in [2.45, 2.75) is 64.1 Å². The van der Waals surface area contributed by atoms with Crippen LogP contribution in [0.25, 0.3) is 0 Å². The molecule has 0 aliphatic heterocycles. The van der Waals surface area contributed by atoms with Crippen LogP contribution in [0.1, 0.15) is 51.1 Å². The Kier molecular flexibility index (Phi) is 4.18. The third-order valence-electron chi connectivity index (χ3n) is 5.52. The van der Waals surface area contributed by atoms with Crippen LogP contribution in [0.15, 0.2) is 18.3 Å². The number of hydrogen-bond acceptors (Lipinski definition) is 2. The molecule has 0 bridgehead atoms. The third kappa shape index (κ3) is 2.42. The van der Waals surface area contributed by atoms with Crippen molar-refractivity contribution in [3.05, 3.63) is 24.0 Å². The van der Waals surface area contributed by atoms with Crippen LogP contribution >= 0.6 is 0 Å². The monoisotopic (exact) mass is 276 g/mol. The molecule has 3 nitrogen and oxygen atoms in total. The molecule has 2 fully saturated rings. The van der Waals surface area contributed by atoms with Crippen LogP contribution in [0.3, 0.4) is 0 Å². The van der Waals surface area contributed by atoms with Gasteiger partial charge in [0.2, 0.25) is 0 Å². The highest BCUT2D eigenvalue weighted by molar-refractivity contribution is 5.11. The van der Waals surface area contributed by atoms with Gasteiger partial charge in [-0.2, -0.15) is 0 Å². The Morgan fingerprint density at radius 2 is 2.15 bits per heavy atom. The van der Waals surface area contributed by atoms with Crippen molar-refractivity contribution in [3.63, 3.8) is 0 Å². The van der Waals surface area contributed by atoms with E-state index in [0.717, 1.165) is 13.2 Å². The van der Waals surface area contributed by atoms with Crippen LogP contribution < -0.4 is 5.32 Å². The molecule has 2 aliphatic rings. The molecule has 20 heavy (non-hydrogen) atoms. The highest BCUT2D eigenvalue weighted by Crippen LogP contribution is 2.53. The molecule has 1 spiro atoms. The SMILES string of the molecule is CCO[C@H]1C[C@H](NCc2cccn2C)C12CCCCC2. The van der Waals surface area contributed by atoms with Crippen molar-refractivity contribution >= 4 is 0 Å². The number of nitrogens with one attached hydrogen (secondary N) is 1. The van der Waals surface area contributed by atoms with E-state index in [0.29, 0.717) is 17.6 Å². The number of rotatable bonds is 5. The molecule has 0 unspecified atom stereocenters. The highest BCUT2D eigenvalue weighted by atomic mass is 16.5. The van der Waals surface area contributed by atoms with E-state index in [4.69, 9.17) is 4.74 Å². The standard InChI is InChI=1S/C17H28N2O/c1-3-20-16-12-15(17(16)9-5-4-6-10-17)18-13-14-8-7-11-19(14)2/h7-8,11,15-16,18H,3-6,9-10,12-13H2,1-2H3/t15-,16-/m0/s1. The molecule has 0 amide bonds. The summed E-state index contributed by atoms with van der Waals surface area (Å²) in [5.74, 6) is 0. The van der Waals surface area contributed by atoms with E-state index in [-0.39, 0.29) is 0 Å². The van der Waals surface area contributed by atoms with Crippen LogP contribution in [0.2, 0.25) is 0 Å². The van der Waals surface area contributed by atoms with Gasteiger partial charge in [0, 0.05) is 43.5 Å². The zero-order valence-electron chi connectivity index (χ0n) is 12.9. The van der Waals surface area contributed by atoms with Crippen molar-refractivity contribution < 1.29 is 4.74 Å². The topological polar surface area (TPSA) is 26.2 Å². The van der Waals surface area contributed by atoms with Crippen LogP contribution in [-0.4, -0.2) is 23.3 Å². The zero-order chi connectivity index (χ0) is 14.0. The molecule has 1 aromatic heterocycles. The lowest BCUT2D eigenvalue weighted by molar-refractivity contribution is -0.150. The van der Waals surface area contributed by atoms with Gasteiger partial charge in [-0.25, -0.2) is 0 Å². The molecule has 2 atom stereocenters. The fourth-order valence-corrected chi connectivity index (χ4v) is 4.26. The maximum atomic E-state index is 6.02. The fraction of sp³-hybridized carbons (Fsp3) is 0.765. The minimum Gasteiger partial charge on any atom is -0.378 e. The van der Waals surface area contributed by atoms with Crippen LogP contribution in [-0.2, 0) is 18.3 Å². The number of aryl methyl sites for hydroxylation is 1. The predicted octanol–water partition coefficient (Wildman–Crippen LogP) is 3.24. The molecule has 3 rings (SSSR count). The Morgan fingerprint density at radius 3 is 2.80 bits per heavy atom. The largest absolute Gasteiger partial charge is 0.378 e. The van der Waals surface area contributed by atoms with Crippen molar-refractivity contribution in [2.75, 3.05) is 6.61 Å². The normalized spacial score (nSPS) is 28.5. The predicted molar refractivity (Wildman–Crippen MR) is 81.6 cm³/mol. The summed E-state index contributed by atoms with van der Waals surface area (Å²) in [6.07, 6.45) is 10.7. The smallest absolute Gasteiger partial charge is 0.0661 e. The van der Waals surface area contributed by atoms with Crippen LogP contribution in [0, 0.1) is 5.41 Å². The van der Waals surface area contributed by atoms with Crippen LogP contribution in [0.5, 0.6) is 0 Å². The van der Waals surface area contributed by atoms with Gasteiger partial charge in [0.15, 0.2) is 0 Å². The number of aromatic nitrogens is 1. The Labute approximate surface area is 122 Å². The van der Waals surface area contributed by atoms with E-state index in [1.54, 1.807) is 0 Å². The van der Waals surface area contributed by atoms with Gasteiger partial charge < -0.3 is 14.6 Å². The van der Waals surface area contributed by atoms with Gasteiger partial charge in [-0.1, -0.05) is 19.3 Å².